The maximum Gasteiger partial charge on any atom is 0.253 e. The Bertz CT molecular complexity index is 415. The van der Waals surface area contributed by atoms with Crippen molar-refractivity contribution in [1.29, 1.82) is 0 Å². The van der Waals surface area contributed by atoms with Gasteiger partial charge in [-0.15, -0.1) is 0 Å². The molecule has 1 aliphatic rings. The number of hydrogen-bond acceptors (Lipinski definition) is 3. The van der Waals surface area contributed by atoms with Gasteiger partial charge in [-0.3, -0.25) is 9.78 Å². The van der Waals surface area contributed by atoms with Crippen LogP contribution in [0, 0.1) is 5.92 Å². The number of pyridine rings is 1. The van der Waals surface area contributed by atoms with Crippen LogP contribution in [0.3, 0.4) is 0 Å². The normalized spacial score (nSPS) is 15.2. The van der Waals surface area contributed by atoms with E-state index in [0.717, 1.165) is 24.6 Å². The van der Waals surface area contributed by atoms with Crippen molar-refractivity contribution in [2.75, 3.05) is 13.6 Å². The van der Waals surface area contributed by atoms with Crippen LogP contribution in [0.15, 0.2) is 18.3 Å². The van der Waals surface area contributed by atoms with Crippen molar-refractivity contribution in [3.63, 3.8) is 0 Å². The summed E-state index contributed by atoms with van der Waals surface area (Å²) >= 11 is 0. The van der Waals surface area contributed by atoms with E-state index in [0.29, 0.717) is 12.1 Å². The van der Waals surface area contributed by atoms with E-state index in [2.05, 4.69) is 4.98 Å². The fourth-order valence-corrected chi connectivity index (χ4v) is 2.20. The zero-order valence-electron chi connectivity index (χ0n) is 10.9. The quantitative estimate of drug-likeness (QED) is 0.863. The van der Waals surface area contributed by atoms with E-state index in [4.69, 9.17) is 5.73 Å². The van der Waals surface area contributed by atoms with Gasteiger partial charge < -0.3 is 10.6 Å². The van der Waals surface area contributed by atoms with E-state index in [1.165, 1.54) is 19.3 Å². The van der Waals surface area contributed by atoms with Gasteiger partial charge in [-0.1, -0.05) is 19.3 Å². The smallest absolute Gasteiger partial charge is 0.253 e. The molecule has 98 valence electrons. The van der Waals surface area contributed by atoms with Crippen LogP contribution >= 0.6 is 0 Å². The molecule has 1 saturated carbocycles. The summed E-state index contributed by atoms with van der Waals surface area (Å²) in [6.07, 6.45) is 6.78. The second kappa shape index (κ2) is 5.96. The van der Waals surface area contributed by atoms with Gasteiger partial charge in [0.15, 0.2) is 0 Å². The second-order valence-electron chi connectivity index (χ2n) is 5.05. The maximum absolute atomic E-state index is 12.2. The van der Waals surface area contributed by atoms with Crippen LogP contribution in [0.2, 0.25) is 0 Å². The van der Waals surface area contributed by atoms with Crippen LogP contribution in [0.25, 0.3) is 0 Å². The number of nitrogens with zero attached hydrogens (tertiary/aromatic N) is 2. The number of aromatic nitrogens is 1. The van der Waals surface area contributed by atoms with Crippen molar-refractivity contribution < 1.29 is 4.79 Å². The van der Waals surface area contributed by atoms with Crippen molar-refractivity contribution in [2.24, 2.45) is 11.7 Å². The molecule has 1 aromatic rings. The number of nitrogens with two attached hydrogens (primary N) is 1. The molecule has 1 fully saturated rings. The lowest BCUT2D eigenvalue weighted by atomic mass is 9.83. The molecule has 0 bridgehead atoms. The lowest BCUT2D eigenvalue weighted by Crippen LogP contribution is -2.30. The Morgan fingerprint density at radius 1 is 1.56 bits per heavy atom. The van der Waals surface area contributed by atoms with Gasteiger partial charge in [-0.2, -0.15) is 0 Å². The van der Waals surface area contributed by atoms with Crippen LogP contribution < -0.4 is 5.73 Å². The Morgan fingerprint density at radius 3 is 2.94 bits per heavy atom. The highest BCUT2D eigenvalue weighted by Gasteiger charge is 2.19. The molecular formula is C14H21N3O. The maximum atomic E-state index is 12.2. The summed E-state index contributed by atoms with van der Waals surface area (Å²) in [5, 5.41) is 0. The molecule has 18 heavy (non-hydrogen) atoms. The first kappa shape index (κ1) is 13.0. The Morgan fingerprint density at radius 2 is 2.33 bits per heavy atom. The molecule has 2 N–H and O–H groups in total. The minimum atomic E-state index is 0.0615. The van der Waals surface area contributed by atoms with Gasteiger partial charge in [0, 0.05) is 31.9 Å². The minimum Gasteiger partial charge on any atom is -0.342 e. The molecule has 0 spiro atoms. The number of carbonyl (C=O) groups is 1. The molecular weight excluding hydrogens is 226 g/mol. The molecule has 0 aromatic carbocycles. The van der Waals surface area contributed by atoms with Gasteiger partial charge in [-0.05, 0) is 24.5 Å². The van der Waals surface area contributed by atoms with Gasteiger partial charge in [0.2, 0.25) is 0 Å². The molecule has 0 atom stereocenters. The van der Waals surface area contributed by atoms with Crippen molar-refractivity contribution in [3.05, 3.63) is 29.6 Å². The zero-order valence-corrected chi connectivity index (χ0v) is 10.9. The summed E-state index contributed by atoms with van der Waals surface area (Å²) in [7, 11) is 1.86. The Labute approximate surface area is 108 Å². The van der Waals surface area contributed by atoms with E-state index in [1.54, 1.807) is 23.2 Å². The van der Waals surface area contributed by atoms with Crippen LogP contribution in [0.4, 0.5) is 0 Å². The van der Waals surface area contributed by atoms with Gasteiger partial charge in [-0.25, -0.2) is 0 Å². The summed E-state index contributed by atoms with van der Waals surface area (Å²) in [6.45, 7) is 1.21. The standard InChI is InChI=1S/C14H21N3O/c1-17(8-6-11-3-2-4-11)14(18)12-5-7-16-13(9-12)10-15/h5,7,9,11H,2-4,6,8,10,15H2,1H3. The summed E-state index contributed by atoms with van der Waals surface area (Å²) in [4.78, 5) is 18.1. The number of hydrogen-bond donors (Lipinski definition) is 1. The molecule has 0 saturated heterocycles. The molecule has 1 aromatic heterocycles. The monoisotopic (exact) mass is 247 g/mol. The van der Waals surface area contributed by atoms with Crippen LogP contribution in [-0.2, 0) is 6.54 Å². The van der Waals surface area contributed by atoms with Crippen LogP contribution in [0.1, 0.15) is 41.7 Å². The highest BCUT2D eigenvalue weighted by molar-refractivity contribution is 5.94. The zero-order chi connectivity index (χ0) is 13.0. The van der Waals surface area contributed by atoms with Crippen molar-refractivity contribution >= 4 is 5.91 Å². The largest absolute Gasteiger partial charge is 0.342 e. The van der Waals surface area contributed by atoms with Gasteiger partial charge >= 0.3 is 0 Å². The summed E-state index contributed by atoms with van der Waals surface area (Å²) in [5.74, 6) is 0.892. The minimum absolute atomic E-state index is 0.0615. The second-order valence-corrected chi connectivity index (χ2v) is 5.05. The van der Waals surface area contributed by atoms with Gasteiger partial charge in [0.05, 0.1) is 5.69 Å². The third kappa shape index (κ3) is 3.07. The van der Waals surface area contributed by atoms with Crippen LogP contribution in [-0.4, -0.2) is 29.4 Å². The third-order valence-electron chi connectivity index (χ3n) is 3.72. The molecule has 0 radical (unpaired) electrons. The average Bonchev–Trinajstić information content (AvgIpc) is 2.36. The lowest BCUT2D eigenvalue weighted by Gasteiger charge is -2.27. The molecule has 4 heteroatoms. The SMILES string of the molecule is CN(CCC1CCC1)C(=O)c1ccnc(CN)c1. The molecule has 1 heterocycles. The Hall–Kier alpha value is -1.42. The first-order chi connectivity index (χ1) is 8.70. The third-order valence-corrected chi connectivity index (χ3v) is 3.72. The fraction of sp³-hybridized carbons (Fsp3) is 0.571. The van der Waals surface area contributed by atoms with E-state index >= 15 is 0 Å². The summed E-state index contributed by atoms with van der Waals surface area (Å²) in [5.41, 5.74) is 6.97. The summed E-state index contributed by atoms with van der Waals surface area (Å²) in [6, 6.07) is 3.53. The van der Waals surface area contributed by atoms with E-state index in [1.807, 2.05) is 7.05 Å². The first-order valence-electron chi connectivity index (χ1n) is 6.61. The lowest BCUT2D eigenvalue weighted by molar-refractivity contribution is 0.0779. The van der Waals surface area contributed by atoms with Gasteiger partial charge in [0.1, 0.15) is 0 Å². The number of carbonyl (C=O) groups excluding carboxylic acids is 1. The molecule has 0 unspecified atom stereocenters. The number of amides is 1. The van der Waals surface area contributed by atoms with Crippen molar-refractivity contribution in [1.82, 2.24) is 9.88 Å². The summed E-state index contributed by atoms with van der Waals surface area (Å²) < 4.78 is 0. The highest BCUT2D eigenvalue weighted by atomic mass is 16.2. The topological polar surface area (TPSA) is 59.2 Å². The highest BCUT2D eigenvalue weighted by Crippen LogP contribution is 2.29. The van der Waals surface area contributed by atoms with E-state index in [-0.39, 0.29) is 5.91 Å². The average molecular weight is 247 g/mol. The predicted octanol–water partition coefficient (Wildman–Crippen LogP) is 1.80. The predicted molar refractivity (Wildman–Crippen MR) is 71.0 cm³/mol. The molecule has 0 aliphatic heterocycles. The molecule has 1 aliphatic carbocycles. The van der Waals surface area contributed by atoms with E-state index in [9.17, 15) is 4.79 Å². The number of rotatable bonds is 5. The fourth-order valence-electron chi connectivity index (χ4n) is 2.20. The van der Waals surface area contributed by atoms with Gasteiger partial charge in [0.25, 0.3) is 5.91 Å². The van der Waals surface area contributed by atoms with E-state index < -0.39 is 0 Å². The van der Waals surface area contributed by atoms with Crippen molar-refractivity contribution in [2.45, 2.75) is 32.2 Å². The van der Waals surface area contributed by atoms with Crippen LogP contribution in [0.5, 0.6) is 0 Å². The Kier molecular flexibility index (Phi) is 4.31. The molecule has 2 rings (SSSR count). The molecule has 4 nitrogen and oxygen atoms in total. The first-order valence-corrected chi connectivity index (χ1v) is 6.61. The van der Waals surface area contributed by atoms with Crippen molar-refractivity contribution in [3.8, 4) is 0 Å². The molecule has 1 amide bonds. The Balaban J connectivity index is 1.91.